The third-order valence-corrected chi connectivity index (χ3v) is 1.58. The number of pyridine rings is 1. The van der Waals surface area contributed by atoms with Gasteiger partial charge in [-0.15, -0.1) is 0 Å². The molecule has 1 aromatic heterocycles. The van der Waals surface area contributed by atoms with Gasteiger partial charge < -0.3 is 10.5 Å². The molecule has 0 aliphatic heterocycles. The highest BCUT2D eigenvalue weighted by Crippen LogP contribution is 2.24. The van der Waals surface area contributed by atoms with Crippen LogP contribution in [0.25, 0.3) is 0 Å². The van der Waals surface area contributed by atoms with E-state index in [1.807, 2.05) is 0 Å². The normalized spacial score (nSPS) is 10.3. The van der Waals surface area contributed by atoms with Gasteiger partial charge in [0.25, 0.3) is 12.3 Å². The Bertz CT molecular complexity index is 355. The van der Waals surface area contributed by atoms with Gasteiger partial charge >= 0.3 is 0 Å². The van der Waals surface area contributed by atoms with E-state index in [2.05, 4.69) is 4.98 Å². The molecule has 1 amide bonds. The lowest BCUT2D eigenvalue weighted by Gasteiger charge is -2.06. The molecule has 1 heterocycles. The Hall–Kier alpha value is -1.72. The van der Waals surface area contributed by atoms with Crippen molar-refractivity contribution in [3.8, 4) is 5.75 Å². The number of primary amides is 1. The average Bonchev–Trinajstić information content (AvgIpc) is 2.16. The number of carbonyl (C=O) groups excluding carboxylic acids is 1. The fourth-order valence-electron chi connectivity index (χ4n) is 0.920. The van der Waals surface area contributed by atoms with Crippen LogP contribution in [0.4, 0.5) is 8.78 Å². The highest BCUT2D eigenvalue weighted by atomic mass is 19.3. The first kappa shape index (κ1) is 10.4. The number of rotatable bonds is 3. The van der Waals surface area contributed by atoms with Crippen LogP contribution in [0.1, 0.15) is 22.5 Å². The monoisotopic (exact) mass is 202 g/mol. The summed E-state index contributed by atoms with van der Waals surface area (Å²) in [5.41, 5.74) is 4.48. The van der Waals surface area contributed by atoms with Gasteiger partial charge in [0.2, 0.25) is 0 Å². The molecule has 0 radical (unpaired) electrons. The fourth-order valence-corrected chi connectivity index (χ4v) is 0.920. The summed E-state index contributed by atoms with van der Waals surface area (Å²) in [4.78, 5) is 14.2. The Kier molecular flexibility index (Phi) is 2.95. The van der Waals surface area contributed by atoms with Crippen molar-refractivity contribution in [1.82, 2.24) is 4.98 Å². The van der Waals surface area contributed by atoms with E-state index in [9.17, 15) is 13.6 Å². The lowest BCUT2D eigenvalue weighted by atomic mass is 10.2. The summed E-state index contributed by atoms with van der Waals surface area (Å²) in [6.45, 7) is 0. The van der Waals surface area contributed by atoms with Gasteiger partial charge in [0.1, 0.15) is 0 Å². The summed E-state index contributed by atoms with van der Waals surface area (Å²) < 4.78 is 29.1. The summed E-state index contributed by atoms with van der Waals surface area (Å²) >= 11 is 0. The quantitative estimate of drug-likeness (QED) is 0.798. The van der Waals surface area contributed by atoms with Crippen LogP contribution in [-0.2, 0) is 0 Å². The number of amides is 1. The van der Waals surface area contributed by atoms with E-state index >= 15 is 0 Å². The molecule has 76 valence electrons. The van der Waals surface area contributed by atoms with Crippen LogP contribution in [0.5, 0.6) is 5.75 Å². The summed E-state index contributed by atoms with van der Waals surface area (Å²) in [7, 11) is 1.25. The molecule has 0 fully saturated rings. The predicted octanol–water partition coefficient (Wildman–Crippen LogP) is 1.13. The minimum absolute atomic E-state index is 0.0460. The van der Waals surface area contributed by atoms with Crippen LogP contribution in [0, 0.1) is 0 Å². The van der Waals surface area contributed by atoms with E-state index in [1.54, 1.807) is 0 Å². The summed E-state index contributed by atoms with van der Waals surface area (Å²) in [5, 5.41) is 0. The zero-order valence-corrected chi connectivity index (χ0v) is 7.33. The van der Waals surface area contributed by atoms with Gasteiger partial charge in [-0.05, 0) is 6.07 Å². The standard InChI is InChI=1S/C8H8F2N2O2/c1-14-5-2-4(7(9)10)3-12-6(5)8(11)13/h2-3,7H,1H3,(H2,11,13). The highest BCUT2D eigenvalue weighted by molar-refractivity contribution is 5.93. The second-order valence-electron chi connectivity index (χ2n) is 2.48. The fraction of sp³-hybridized carbons (Fsp3) is 0.250. The van der Waals surface area contributed by atoms with Crippen molar-refractivity contribution < 1.29 is 18.3 Å². The number of hydrogen-bond acceptors (Lipinski definition) is 3. The first-order valence-corrected chi connectivity index (χ1v) is 3.68. The molecule has 0 aliphatic carbocycles. The minimum Gasteiger partial charge on any atom is -0.494 e. The van der Waals surface area contributed by atoms with Crippen LogP contribution in [-0.4, -0.2) is 18.0 Å². The second-order valence-corrected chi connectivity index (χ2v) is 2.48. The van der Waals surface area contributed by atoms with E-state index in [0.717, 1.165) is 12.3 Å². The Labute approximate surface area is 78.7 Å². The van der Waals surface area contributed by atoms with Crippen LogP contribution in [0.15, 0.2) is 12.3 Å². The Morgan fingerprint density at radius 1 is 1.64 bits per heavy atom. The first-order chi connectivity index (χ1) is 6.56. The molecule has 0 saturated carbocycles. The van der Waals surface area contributed by atoms with Crippen molar-refractivity contribution in [2.45, 2.75) is 6.43 Å². The van der Waals surface area contributed by atoms with E-state index in [-0.39, 0.29) is 17.0 Å². The molecule has 2 N–H and O–H groups in total. The van der Waals surface area contributed by atoms with Gasteiger partial charge in [0.05, 0.1) is 7.11 Å². The number of carbonyl (C=O) groups is 1. The number of hydrogen-bond donors (Lipinski definition) is 1. The predicted molar refractivity (Wildman–Crippen MR) is 44.3 cm³/mol. The van der Waals surface area contributed by atoms with Crippen LogP contribution in [0.2, 0.25) is 0 Å². The molecule has 0 atom stereocenters. The van der Waals surface area contributed by atoms with Gasteiger partial charge in [-0.1, -0.05) is 0 Å². The van der Waals surface area contributed by atoms with Gasteiger partial charge in [0, 0.05) is 11.8 Å². The summed E-state index contributed by atoms with van der Waals surface area (Å²) in [5.74, 6) is -0.863. The zero-order chi connectivity index (χ0) is 10.7. The molecule has 0 bridgehead atoms. The molecule has 4 nitrogen and oxygen atoms in total. The van der Waals surface area contributed by atoms with Gasteiger partial charge in [0.15, 0.2) is 11.4 Å². The van der Waals surface area contributed by atoms with E-state index in [0.29, 0.717) is 0 Å². The summed E-state index contributed by atoms with van der Waals surface area (Å²) in [6.07, 6.45) is -1.76. The van der Waals surface area contributed by atoms with Gasteiger partial charge in [-0.3, -0.25) is 4.79 Å². The van der Waals surface area contributed by atoms with Crippen molar-refractivity contribution >= 4 is 5.91 Å². The number of nitrogens with two attached hydrogens (primary N) is 1. The third-order valence-electron chi connectivity index (χ3n) is 1.58. The third kappa shape index (κ3) is 1.95. The summed E-state index contributed by atoms with van der Waals surface area (Å²) in [6, 6.07) is 1.04. The maximum Gasteiger partial charge on any atom is 0.271 e. The Morgan fingerprint density at radius 2 is 2.29 bits per heavy atom. The first-order valence-electron chi connectivity index (χ1n) is 3.68. The number of ether oxygens (including phenoxy) is 1. The molecule has 14 heavy (non-hydrogen) atoms. The number of halogens is 2. The van der Waals surface area contributed by atoms with Crippen molar-refractivity contribution in [3.63, 3.8) is 0 Å². The average molecular weight is 202 g/mol. The van der Waals surface area contributed by atoms with Crippen molar-refractivity contribution in [2.24, 2.45) is 5.73 Å². The number of methoxy groups -OCH3 is 1. The van der Waals surface area contributed by atoms with Crippen LogP contribution >= 0.6 is 0 Å². The molecule has 0 unspecified atom stereocenters. The minimum atomic E-state index is -2.65. The lowest BCUT2D eigenvalue weighted by Crippen LogP contribution is -2.14. The Balaban J connectivity index is 3.18. The van der Waals surface area contributed by atoms with Gasteiger partial charge in [-0.2, -0.15) is 0 Å². The van der Waals surface area contributed by atoms with Crippen LogP contribution in [0.3, 0.4) is 0 Å². The SMILES string of the molecule is COc1cc(C(F)F)cnc1C(N)=O. The van der Waals surface area contributed by atoms with E-state index < -0.39 is 12.3 Å². The van der Waals surface area contributed by atoms with Crippen molar-refractivity contribution in [1.29, 1.82) is 0 Å². The molecular formula is C8H8F2N2O2. The van der Waals surface area contributed by atoms with E-state index in [1.165, 1.54) is 7.11 Å². The van der Waals surface area contributed by atoms with E-state index in [4.69, 9.17) is 10.5 Å². The number of nitrogens with zero attached hydrogens (tertiary/aromatic N) is 1. The van der Waals surface area contributed by atoms with Crippen molar-refractivity contribution in [2.75, 3.05) is 7.11 Å². The number of alkyl halides is 2. The Morgan fingerprint density at radius 3 is 2.71 bits per heavy atom. The highest BCUT2D eigenvalue weighted by Gasteiger charge is 2.15. The molecule has 1 aromatic rings. The molecule has 0 spiro atoms. The van der Waals surface area contributed by atoms with Gasteiger partial charge in [-0.25, -0.2) is 13.8 Å². The second kappa shape index (κ2) is 3.99. The maximum atomic E-state index is 12.2. The number of aromatic nitrogens is 1. The molecule has 0 aromatic carbocycles. The van der Waals surface area contributed by atoms with Crippen molar-refractivity contribution in [3.05, 3.63) is 23.5 Å². The molecule has 6 heteroatoms. The lowest BCUT2D eigenvalue weighted by molar-refractivity contribution is 0.0991. The largest absolute Gasteiger partial charge is 0.494 e. The molecular weight excluding hydrogens is 194 g/mol. The van der Waals surface area contributed by atoms with Crippen LogP contribution < -0.4 is 10.5 Å². The molecule has 0 aliphatic rings. The zero-order valence-electron chi connectivity index (χ0n) is 7.33. The molecule has 1 rings (SSSR count). The maximum absolute atomic E-state index is 12.2. The topological polar surface area (TPSA) is 65.2 Å². The smallest absolute Gasteiger partial charge is 0.271 e. The molecule has 0 saturated heterocycles.